The van der Waals surface area contributed by atoms with Gasteiger partial charge in [-0.05, 0) is 44.1 Å². The van der Waals surface area contributed by atoms with Crippen LogP contribution in [-0.2, 0) is 6.54 Å². The van der Waals surface area contributed by atoms with Gasteiger partial charge in [0.15, 0.2) is 5.69 Å². The molecule has 2 N–H and O–H groups in total. The maximum Gasteiger partial charge on any atom is 0.357 e. The second-order valence-corrected chi connectivity index (χ2v) is 6.27. The number of carboxylic acids is 1. The number of nitrogens with one attached hydrogen (secondary N) is 1. The lowest BCUT2D eigenvalue weighted by atomic mass is 9.96. The van der Waals surface area contributed by atoms with E-state index in [1.807, 2.05) is 0 Å². The molecule has 0 bridgehead atoms. The number of aromatic amines is 1. The zero-order chi connectivity index (χ0) is 17.4. The fourth-order valence-corrected chi connectivity index (χ4v) is 3.23. The molecular weight excluding hydrogens is 327 g/mol. The SMILES string of the molecule is O=C(O)c1coc(CN2CCC(c3nc4ccc(F)cc4[nH]3)CC2)n1. The molecule has 1 aliphatic heterocycles. The summed E-state index contributed by atoms with van der Waals surface area (Å²) < 4.78 is 18.5. The number of aromatic nitrogens is 3. The van der Waals surface area contributed by atoms with Gasteiger partial charge in [-0.1, -0.05) is 0 Å². The molecule has 0 spiro atoms. The molecule has 0 aliphatic carbocycles. The number of nitrogens with zero attached hydrogens (tertiary/aromatic N) is 3. The molecule has 25 heavy (non-hydrogen) atoms. The van der Waals surface area contributed by atoms with Crippen molar-refractivity contribution in [1.29, 1.82) is 0 Å². The van der Waals surface area contributed by atoms with Crippen LogP contribution < -0.4 is 0 Å². The second-order valence-electron chi connectivity index (χ2n) is 6.27. The van der Waals surface area contributed by atoms with E-state index < -0.39 is 5.97 Å². The molecule has 0 atom stereocenters. The molecular formula is C17H17FN4O3. The lowest BCUT2D eigenvalue weighted by Gasteiger charge is -2.29. The Morgan fingerprint density at radius 3 is 2.88 bits per heavy atom. The van der Waals surface area contributed by atoms with Crippen LogP contribution in [0, 0.1) is 5.82 Å². The van der Waals surface area contributed by atoms with Gasteiger partial charge in [0, 0.05) is 5.92 Å². The Kier molecular flexibility index (Phi) is 3.96. The average molecular weight is 344 g/mol. The molecule has 3 heterocycles. The van der Waals surface area contributed by atoms with Crippen molar-refractivity contribution in [2.45, 2.75) is 25.3 Å². The predicted molar refractivity (Wildman–Crippen MR) is 86.8 cm³/mol. The molecule has 1 fully saturated rings. The van der Waals surface area contributed by atoms with Crippen molar-refractivity contribution in [3.05, 3.63) is 47.7 Å². The van der Waals surface area contributed by atoms with E-state index in [2.05, 4.69) is 19.9 Å². The van der Waals surface area contributed by atoms with Crippen molar-refractivity contribution >= 4 is 17.0 Å². The van der Waals surface area contributed by atoms with Gasteiger partial charge in [0.2, 0.25) is 5.89 Å². The first-order valence-corrected chi connectivity index (χ1v) is 8.14. The molecule has 1 aliphatic rings. The fourth-order valence-electron chi connectivity index (χ4n) is 3.23. The number of likely N-dealkylation sites (tertiary alicyclic amines) is 1. The number of carboxylic acid groups (broad SMARTS) is 1. The number of halogens is 1. The Labute approximate surface area is 142 Å². The molecule has 4 rings (SSSR count). The molecule has 7 nitrogen and oxygen atoms in total. The van der Waals surface area contributed by atoms with Crippen LogP contribution in [0.3, 0.4) is 0 Å². The minimum atomic E-state index is -1.09. The van der Waals surface area contributed by atoms with Gasteiger partial charge in [0.1, 0.15) is 17.9 Å². The molecule has 2 aromatic heterocycles. The number of hydrogen-bond donors (Lipinski definition) is 2. The summed E-state index contributed by atoms with van der Waals surface area (Å²) in [4.78, 5) is 24.8. The van der Waals surface area contributed by atoms with E-state index in [-0.39, 0.29) is 11.5 Å². The standard InChI is InChI=1S/C17H17FN4O3/c18-11-1-2-12-13(7-11)21-16(20-12)10-3-5-22(6-4-10)8-15-19-14(9-25-15)17(23)24/h1-2,7,9-10H,3-6,8H2,(H,20,21)(H,23,24). The zero-order valence-electron chi connectivity index (χ0n) is 13.4. The minimum absolute atomic E-state index is 0.0700. The smallest absolute Gasteiger partial charge is 0.357 e. The van der Waals surface area contributed by atoms with Gasteiger partial charge in [-0.15, -0.1) is 0 Å². The molecule has 3 aromatic rings. The molecule has 0 amide bonds. The molecule has 0 unspecified atom stereocenters. The Morgan fingerprint density at radius 1 is 1.36 bits per heavy atom. The summed E-state index contributed by atoms with van der Waals surface area (Å²) in [6.07, 6.45) is 2.99. The van der Waals surface area contributed by atoms with E-state index in [1.54, 1.807) is 6.07 Å². The normalized spacial score (nSPS) is 16.5. The van der Waals surface area contributed by atoms with E-state index in [4.69, 9.17) is 9.52 Å². The highest BCUT2D eigenvalue weighted by atomic mass is 19.1. The highest BCUT2D eigenvalue weighted by Gasteiger charge is 2.24. The fraction of sp³-hybridized carbons (Fsp3) is 0.353. The van der Waals surface area contributed by atoms with Gasteiger partial charge in [-0.25, -0.2) is 19.2 Å². The Bertz CT molecular complexity index is 912. The number of H-pyrrole nitrogens is 1. The van der Waals surface area contributed by atoms with E-state index >= 15 is 0 Å². The number of hydrogen-bond acceptors (Lipinski definition) is 5. The summed E-state index contributed by atoms with van der Waals surface area (Å²) >= 11 is 0. The monoisotopic (exact) mass is 344 g/mol. The van der Waals surface area contributed by atoms with E-state index in [0.29, 0.717) is 18.4 Å². The third kappa shape index (κ3) is 3.25. The number of fused-ring (bicyclic) bond motifs is 1. The molecule has 8 heteroatoms. The van der Waals surface area contributed by atoms with Gasteiger partial charge in [0.05, 0.1) is 17.6 Å². The zero-order valence-corrected chi connectivity index (χ0v) is 13.4. The number of rotatable bonds is 4. The van der Waals surface area contributed by atoms with Gasteiger partial charge in [-0.2, -0.15) is 0 Å². The van der Waals surface area contributed by atoms with Crippen LogP contribution in [0.25, 0.3) is 11.0 Å². The number of carbonyl (C=O) groups is 1. The summed E-state index contributed by atoms with van der Waals surface area (Å²) in [5.41, 5.74) is 1.43. The van der Waals surface area contributed by atoms with Crippen molar-refractivity contribution < 1.29 is 18.7 Å². The van der Waals surface area contributed by atoms with Gasteiger partial charge in [-0.3, -0.25) is 4.90 Å². The topological polar surface area (TPSA) is 95.2 Å². The highest BCUT2D eigenvalue weighted by molar-refractivity contribution is 5.84. The van der Waals surface area contributed by atoms with E-state index in [9.17, 15) is 9.18 Å². The average Bonchev–Trinajstić information content (AvgIpc) is 3.22. The van der Waals surface area contributed by atoms with Crippen LogP contribution in [-0.4, -0.2) is 44.0 Å². The van der Waals surface area contributed by atoms with Crippen LogP contribution in [0.5, 0.6) is 0 Å². The van der Waals surface area contributed by atoms with Crippen molar-refractivity contribution in [2.75, 3.05) is 13.1 Å². The summed E-state index contributed by atoms with van der Waals surface area (Å²) in [6.45, 7) is 2.16. The van der Waals surface area contributed by atoms with Crippen molar-refractivity contribution in [2.24, 2.45) is 0 Å². The third-order valence-electron chi connectivity index (χ3n) is 4.57. The van der Waals surface area contributed by atoms with Gasteiger partial charge < -0.3 is 14.5 Å². The number of piperidine rings is 1. The van der Waals surface area contributed by atoms with Crippen LogP contribution in [0.15, 0.2) is 28.9 Å². The number of aromatic carboxylic acids is 1. The first kappa shape index (κ1) is 15.8. The molecule has 0 radical (unpaired) electrons. The Hall–Kier alpha value is -2.74. The summed E-state index contributed by atoms with van der Waals surface area (Å²) in [7, 11) is 0. The summed E-state index contributed by atoms with van der Waals surface area (Å²) in [5.74, 6) is 0.240. The van der Waals surface area contributed by atoms with E-state index in [1.165, 1.54) is 12.1 Å². The summed E-state index contributed by atoms with van der Waals surface area (Å²) in [6, 6.07) is 4.56. The largest absolute Gasteiger partial charge is 0.476 e. The number of oxazole rings is 1. The highest BCUT2D eigenvalue weighted by Crippen LogP contribution is 2.28. The summed E-state index contributed by atoms with van der Waals surface area (Å²) in [5, 5.41) is 8.87. The quantitative estimate of drug-likeness (QED) is 0.756. The third-order valence-corrected chi connectivity index (χ3v) is 4.57. The van der Waals surface area contributed by atoms with Crippen molar-refractivity contribution in [3.8, 4) is 0 Å². The van der Waals surface area contributed by atoms with Gasteiger partial charge in [0.25, 0.3) is 0 Å². The lowest BCUT2D eigenvalue weighted by molar-refractivity contribution is 0.0690. The molecule has 130 valence electrons. The molecule has 1 saturated heterocycles. The minimum Gasteiger partial charge on any atom is -0.476 e. The van der Waals surface area contributed by atoms with Crippen molar-refractivity contribution in [1.82, 2.24) is 19.9 Å². The second kappa shape index (κ2) is 6.29. The maximum absolute atomic E-state index is 13.3. The van der Waals surface area contributed by atoms with E-state index in [0.717, 1.165) is 49.1 Å². The Balaban J connectivity index is 1.39. The Morgan fingerprint density at radius 2 is 2.16 bits per heavy atom. The first-order valence-electron chi connectivity index (χ1n) is 8.14. The first-order chi connectivity index (χ1) is 12.1. The maximum atomic E-state index is 13.3. The van der Waals surface area contributed by atoms with Crippen LogP contribution in [0.1, 0.15) is 41.0 Å². The lowest BCUT2D eigenvalue weighted by Crippen LogP contribution is -2.32. The van der Waals surface area contributed by atoms with Crippen LogP contribution in [0.4, 0.5) is 4.39 Å². The number of imidazole rings is 1. The van der Waals surface area contributed by atoms with Crippen molar-refractivity contribution in [3.63, 3.8) is 0 Å². The van der Waals surface area contributed by atoms with Gasteiger partial charge >= 0.3 is 5.97 Å². The predicted octanol–water partition coefficient (Wildman–Crippen LogP) is 2.77. The van der Waals surface area contributed by atoms with Crippen LogP contribution in [0.2, 0.25) is 0 Å². The molecule has 0 saturated carbocycles. The van der Waals surface area contributed by atoms with Crippen LogP contribution >= 0.6 is 0 Å². The molecule has 1 aromatic carbocycles. The number of benzene rings is 1.